The van der Waals surface area contributed by atoms with Crippen molar-refractivity contribution in [2.24, 2.45) is 4.99 Å². The summed E-state index contributed by atoms with van der Waals surface area (Å²) in [7, 11) is 0. The monoisotopic (exact) mass is 527 g/mol. The third-order valence-corrected chi connectivity index (χ3v) is 7.13. The maximum Gasteiger partial charge on any atom is 0.329 e. The van der Waals surface area contributed by atoms with E-state index in [0.717, 1.165) is 42.6 Å². The summed E-state index contributed by atoms with van der Waals surface area (Å²) in [6.45, 7) is 3.93. The molecule has 0 spiro atoms. The number of nitrogens with zero attached hydrogens (tertiary/aromatic N) is 2. The van der Waals surface area contributed by atoms with Crippen molar-refractivity contribution in [2.75, 3.05) is 31.6 Å². The van der Waals surface area contributed by atoms with Crippen LogP contribution in [0.25, 0.3) is 0 Å². The number of piperidine rings is 1. The first-order chi connectivity index (χ1) is 19.0. The number of rotatable bonds is 11. The van der Waals surface area contributed by atoms with Crippen molar-refractivity contribution in [3.05, 3.63) is 101 Å². The minimum atomic E-state index is -1.15. The van der Waals surface area contributed by atoms with Gasteiger partial charge in [-0.15, -0.1) is 0 Å². The third kappa shape index (κ3) is 7.62. The number of para-hydroxylation sites is 1. The highest BCUT2D eigenvalue weighted by atomic mass is 16.4. The van der Waals surface area contributed by atoms with Crippen LogP contribution in [0.1, 0.15) is 53.9 Å². The van der Waals surface area contributed by atoms with Gasteiger partial charge in [0.2, 0.25) is 5.91 Å². The molecular formula is C32H37N3O4. The quantitative estimate of drug-likeness (QED) is 0.309. The molecule has 0 aliphatic carbocycles. The summed E-state index contributed by atoms with van der Waals surface area (Å²) in [4.78, 5) is 32.7. The number of aryl methyl sites for hydroxylation is 1. The number of carbonyl (C=O) groups excluding carboxylic acids is 1. The van der Waals surface area contributed by atoms with Gasteiger partial charge in [0, 0.05) is 23.7 Å². The zero-order valence-electron chi connectivity index (χ0n) is 22.4. The van der Waals surface area contributed by atoms with Crippen LogP contribution < -0.4 is 5.32 Å². The van der Waals surface area contributed by atoms with Gasteiger partial charge in [-0.3, -0.25) is 14.7 Å². The van der Waals surface area contributed by atoms with Crippen molar-refractivity contribution in [3.8, 4) is 0 Å². The van der Waals surface area contributed by atoms with E-state index in [2.05, 4.69) is 10.2 Å². The molecule has 1 aliphatic rings. The summed E-state index contributed by atoms with van der Waals surface area (Å²) >= 11 is 0. The lowest BCUT2D eigenvalue weighted by Crippen LogP contribution is -2.37. The van der Waals surface area contributed by atoms with Crippen LogP contribution in [-0.2, 0) is 9.59 Å². The molecule has 3 N–H and O–H groups in total. The number of carbonyl (C=O) groups is 2. The molecule has 0 unspecified atom stereocenters. The standard InChI is InChI=1S/C32H37N3O4/c1-23-11-10-14-25(21-23)26(17-20-36)31(32(38)39)34-30(24-12-4-2-5-13-24)27-15-6-7-16-28(27)33-29(37)22-35-18-8-3-9-19-35/h2,4-7,10-16,21,26,31,36H,3,8-9,17-20,22H2,1H3,(H,33,37)(H,38,39)/t26-,31-/m0/s1. The van der Waals surface area contributed by atoms with Crippen LogP contribution in [0.3, 0.4) is 0 Å². The second kappa shape index (κ2) is 13.8. The van der Waals surface area contributed by atoms with E-state index in [1.807, 2.05) is 85.8 Å². The lowest BCUT2D eigenvalue weighted by atomic mass is 9.87. The van der Waals surface area contributed by atoms with Crippen molar-refractivity contribution in [3.63, 3.8) is 0 Å². The number of hydrogen-bond donors (Lipinski definition) is 3. The molecule has 1 amide bonds. The molecule has 3 aromatic carbocycles. The summed E-state index contributed by atoms with van der Waals surface area (Å²) in [5.74, 6) is -1.72. The van der Waals surface area contributed by atoms with Gasteiger partial charge in [0.05, 0.1) is 17.9 Å². The molecule has 7 heteroatoms. The zero-order chi connectivity index (χ0) is 27.6. The number of carboxylic acids is 1. The SMILES string of the molecule is Cc1cccc([C@H](CCO)[C@H](N=C(c2ccccc2)c2ccccc2NC(=O)CN2CCCCC2)C(=O)O)c1. The number of amides is 1. The molecule has 1 aliphatic heterocycles. The lowest BCUT2D eigenvalue weighted by molar-refractivity contribution is -0.139. The van der Waals surface area contributed by atoms with Gasteiger partial charge in [0.15, 0.2) is 6.04 Å². The smallest absolute Gasteiger partial charge is 0.329 e. The number of aliphatic carboxylic acids is 1. The molecule has 1 fully saturated rings. The molecule has 0 bridgehead atoms. The van der Waals surface area contributed by atoms with Gasteiger partial charge in [-0.05, 0) is 50.9 Å². The fourth-order valence-electron chi connectivity index (χ4n) is 5.21. The number of anilines is 1. The Balaban J connectivity index is 1.75. The maximum atomic E-state index is 13.0. The van der Waals surface area contributed by atoms with Gasteiger partial charge in [-0.2, -0.15) is 0 Å². The van der Waals surface area contributed by atoms with Gasteiger partial charge in [0.25, 0.3) is 0 Å². The Bertz CT molecular complexity index is 1290. The van der Waals surface area contributed by atoms with E-state index >= 15 is 0 Å². The number of aliphatic hydroxyl groups is 1. The summed E-state index contributed by atoms with van der Waals surface area (Å²) in [5, 5.41) is 23.3. The fourth-order valence-corrected chi connectivity index (χ4v) is 5.21. The Morgan fingerprint density at radius 3 is 2.36 bits per heavy atom. The normalized spacial score (nSPS) is 15.9. The number of aliphatic hydroxyl groups excluding tert-OH is 1. The van der Waals surface area contributed by atoms with Gasteiger partial charge in [-0.1, -0.05) is 84.8 Å². The number of carboxylic acid groups (broad SMARTS) is 1. The first-order valence-electron chi connectivity index (χ1n) is 13.6. The fraction of sp³-hybridized carbons (Fsp3) is 0.344. The van der Waals surface area contributed by atoms with E-state index in [0.29, 0.717) is 23.5 Å². The van der Waals surface area contributed by atoms with Crippen LogP contribution in [-0.4, -0.2) is 65.0 Å². The van der Waals surface area contributed by atoms with E-state index in [4.69, 9.17) is 4.99 Å². The highest BCUT2D eigenvalue weighted by Crippen LogP contribution is 2.29. The predicted octanol–water partition coefficient (Wildman–Crippen LogP) is 4.88. The molecule has 39 heavy (non-hydrogen) atoms. The minimum Gasteiger partial charge on any atom is -0.480 e. The Kier molecular flexibility index (Phi) is 10.00. The molecule has 1 heterocycles. The van der Waals surface area contributed by atoms with Crippen LogP contribution in [0.2, 0.25) is 0 Å². The first kappa shape index (κ1) is 28.2. The van der Waals surface area contributed by atoms with E-state index in [1.165, 1.54) is 6.42 Å². The Hall–Kier alpha value is -3.81. The molecule has 7 nitrogen and oxygen atoms in total. The van der Waals surface area contributed by atoms with Crippen LogP contribution in [0.15, 0.2) is 83.9 Å². The van der Waals surface area contributed by atoms with Crippen molar-refractivity contribution in [1.82, 2.24) is 4.90 Å². The molecule has 1 saturated heterocycles. The number of benzene rings is 3. The summed E-state index contributed by atoms with van der Waals surface area (Å²) in [6.07, 6.45) is 3.64. The minimum absolute atomic E-state index is 0.107. The molecule has 0 aromatic heterocycles. The lowest BCUT2D eigenvalue weighted by Gasteiger charge is -2.26. The van der Waals surface area contributed by atoms with Crippen molar-refractivity contribution in [2.45, 2.75) is 44.6 Å². The van der Waals surface area contributed by atoms with Crippen LogP contribution in [0.5, 0.6) is 0 Å². The van der Waals surface area contributed by atoms with Gasteiger partial charge < -0.3 is 15.5 Å². The number of nitrogens with one attached hydrogen (secondary N) is 1. The molecular weight excluding hydrogens is 490 g/mol. The summed E-state index contributed by atoms with van der Waals surface area (Å²) in [5.41, 5.74) is 4.28. The van der Waals surface area contributed by atoms with Gasteiger partial charge >= 0.3 is 5.97 Å². The Labute approximate surface area is 230 Å². The van der Waals surface area contributed by atoms with E-state index in [9.17, 15) is 19.8 Å². The first-order valence-corrected chi connectivity index (χ1v) is 13.6. The third-order valence-electron chi connectivity index (χ3n) is 7.13. The second-order valence-electron chi connectivity index (χ2n) is 10.1. The predicted molar refractivity (Wildman–Crippen MR) is 154 cm³/mol. The molecule has 0 radical (unpaired) electrons. The molecule has 204 valence electrons. The Morgan fingerprint density at radius 2 is 1.67 bits per heavy atom. The average molecular weight is 528 g/mol. The average Bonchev–Trinajstić information content (AvgIpc) is 2.94. The summed E-state index contributed by atoms with van der Waals surface area (Å²) in [6, 6.07) is 23.3. The number of likely N-dealkylation sites (tertiary alicyclic amines) is 1. The maximum absolute atomic E-state index is 13.0. The van der Waals surface area contributed by atoms with Gasteiger partial charge in [-0.25, -0.2) is 4.79 Å². The number of hydrogen-bond acceptors (Lipinski definition) is 5. The molecule has 3 aromatic rings. The van der Waals surface area contributed by atoms with Crippen molar-refractivity contribution in [1.29, 1.82) is 0 Å². The molecule has 4 rings (SSSR count). The zero-order valence-corrected chi connectivity index (χ0v) is 22.4. The van der Waals surface area contributed by atoms with Crippen LogP contribution >= 0.6 is 0 Å². The molecule has 0 saturated carbocycles. The van der Waals surface area contributed by atoms with E-state index < -0.39 is 17.9 Å². The van der Waals surface area contributed by atoms with Crippen molar-refractivity contribution >= 4 is 23.3 Å². The van der Waals surface area contributed by atoms with Crippen molar-refractivity contribution < 1.29 is 19.8 Å². The van der Waals surface area contributed by atoms with Crippen LogP contribution in [0, 0.1) is 6.92 Å². The van der Waals surface area contributed by atoms with E-state index in [1.54, 1.807) is 0 Å². The van der Waals surface area contributed by atoms with Crippen LogP contribution in [0.4, 0.5) is 5.69 Å². The summed E-state index contributed by atoms with van der Waals surface area (Å²) < 4.78 is 0. The Morgan fingerprint density at radius 1 is 0.949 bits per heavy atom. The highest BCUT2D eigenvalue weighted by Gasteiger charge is 2.30. The second-order valence-corrected chi connectivity index (χ2v) is 10.1. The van der Waals surface area contributed by atoms with Gasteiger partial charge in [0.1, 0.15) is 0 Å². The topological polar surface area (TPSA) is 102 Å². The highest BCUT2D eigenvalue weighted by molar-refractivity contribution is 6.17. The molecule has 2 atom stereocenters. The largest absolute Gasteiger partial charge is 0.480 e. The van der Waals surface area contributed by atoms with E-state index in [-0.39, 0.29) is 18.9 Å². The number of aliphatic imine (C=N–C) groups is 1.